The average molecular weight is 1100 g/mol. The maximum Gasteiger partial charge on any atom is 0.189 e. The fraction of sp³-hybridized carbons (Fsp3) is 0.758. The number of ether oxygens (including phenoxy) is 1. The Hall–Kier alpha value is -2.89. The Kier molecular flexibility index (Phi) is 19.6. The van der Waals surface area contributed by atoms with Gasteiger partial charge in [-0.2, -0.15) is 0 Å². The summed E-state index contributed by atoms with van der Waals surface area (Å²) in [6.07, 6.45) is 23.9. The van der Waals surface area contributed by atoms with Crippen molar-refractivity contribution in [2.24, 2.45) is 69.2 Å². The largest absolute Gasteiger partial charge is 0.504 e. The zero-order valence-corrected chi connectivity index (χ0v) is 48.5. The zero-order chi connectivity index (χ0) is 53.6. The minimum absolute atomic E-state index is 0.00195. The van der Waals surface area contributed by atoms with Gasteiger partial charge in [-0.1, -0.05) is 73.1 Å². The molecule has 10 rings (SSSR count). The van der Waals surface area contributed by atoms with Crippen LogP contribution in [0.4, 0.5) is 0 Å². The number of furan rings is 1. The quantitative estimate of drug-likeness (QED) is 0.0307. The molecule has 6 aliphatic carbocycles. The van der Waals surface area contributed by atoms with E-state index in [1.54, 1.807) is 6.07 Å². The van der Waals surface area contributed by atoms with Gasteiger partial charge in [-0.15, -0.1) is 0 Å². The van der Waals surface area contributed by atoms with Crippen LogP contribution in [-0.4, -0.2) is 99.9 Å². The standard InChI is InChI=1S/C62H97N7O6S2/c1-37-13-19-45-41-25-39(15-20-46(45)49(51(63)28-41)35-76-77-36-55(37)69-61(64)67-43-9-4-5-10-43)17-22-58-42(33-70)27-44(75-58)18-14-40-16-21-56(72)59(26-40)74-34-57(73)52-29-48-53(68-52)30-62(23-6-7-24-62)50-12-8-11-47(50)60(48)54(32-65-3)66-31-38(2)71/h16,21,26-27,29,37-39,41,43,45-47,49-51,54-55,57,60,65-66,68,70-73H,4-15,17-20,22-25,28,30-36,63H2,1-3H3,(H3,64,67,69)/t37-,38-,39+,41-,45-,46-,47+,49+,50-,51-,54-,55+,57-,60-/m0/s1. The highest BCUT2D eigenvalue weighted by molar-refractivity contribution is 8.76. The van der Waals surface area contributed by atoms with Gasteiger partial charge in [0.25, 0.3) is 0 Å². The van der Waals surface area contributed by atoms with Crippen molar-refractivity contribution in [2.75, 3.05) is 38.2 Å². The Balaban J connectivity index is 0.753. The molecule has 77 heavy (non-hydrogen) atoms. The first-order chi connectivity index (χ1) is 37.4. The number of nitrogens with one attached hydrogen (secondary N) is 4. The fourth-order valence-electron chi connectivity index (χ4n) is 16.8. The van der Waals surface area contributed by atoms with E-state index in [9.17, 15) is 20.4 Å². The van der Waals surface area contributed by atoms with Crippen molar-refractivity contribution in [3.63, 3.8) is 0 Å². The number of rotatable bonds is 19. The van der Waals surface area contributed by atoms with E-state index in [1.807, 2.05) is 53.8 Å². The number of benzene rings is 1. The lowest BCUT2D eigenvalue weighted by molar-refractivity contribution is 0.0716. The van der Waals surface area contributed by atoms with Crippen molar-refractivity contribution in [2.45, 2.75) is 204 Å². The lowest BCUT2D eigenvalue weighted by Crippen LogP contribution is -2.47. The Labute approximate surface area is 468 Å². The molecule has 12 N–H and O–H groups in total. The van der Waals surface area contributed by atoms with Gasteiger partial charge in [-0.25, -0.2) is 4.99 Å². The topological polar surface area (TPSA) is 220 Å². The molecule has 6 fully saturated rings. The maximum absolute atomic E-state index is 11.8. The number of aryl methyl sites for hydroxylation is 3. The molecule has 0 radical (unpaired) electrons. The molecule has 14 atom stereocenters. The van der Waals surface area contributed by atoms with Gasteiger partial charge in [0.05, 0.1) is 18.8 Å². The van der Waals surface area contributed by atoms with Crippen molar-refractivity contribution >= 4 is 27.5 Å². The summed E-state index contributed by atoms with van der Waals surface area (Å²) in [4.78, 5) is 8.88. The molecule has 1 spiro atoms. The van der Waals surface area contributed by atoms with E-state index in [4.69, 9.17) is 25.6 Å². The molecule has 0 amide bonds. The second kappa shape index (κ2) is 26.4. The van der Waals surface area contributed by atoms with Crippen LogP contribution in [-0.2, 0) is 32.3 Å². The second-order valence-electron chi connectivity index (χ2n) is 25.7. The van der Waals surface area contributed by atoms with Crippen molar-refractivity contribution in [1.29, 1.82) is 0 Å². The number of hydrogen-bond acceptors (Lipinski definition) is 12. The molecule has 3 heterocycles. The van der Waals surface area contributed by atoms with Crippen LogP contribution in [0.3, 0.4) is 0 Å². The van der Waals surface area contributed by atoms with E-state index < -0.39 is 12.2 Å². The van der Waals surface area contributed by atoms with Gasteiger partial charge in [0, 0.05) is 78.4 Å². The number of fused-ring (bicyclic) bond motifs is 3. The summed E-state index contributed by atoms with van der Waals surface area (Å²) in [7, 11) is 6.01. The summed E-state index contributed by atoms with van der Waals surface area (Å²) >= 11 is 0. The molecule has 3 aromatic rings. The van der Waals surface area contributed by atoms with Crippen LogP contribution in [0.5, 0.6) is 11.5 Å². The maximum atomic E-state index is 11.8. The van der Waals surface area contributed by atoms with Crippen molar-refractivity contribution in [1.82, 2.24) is 20.9 Å². The van der Waals surface area contributed by atoms with Crippen LogP contribution >= 0.6 is 21.6 Å². The van der Waals surface area contributed by atoms with Gasteiger partial charge < -0.3 is 62.0 Å². The summed E-state index contributed by atoms with van der Waals surface area (Å²) in [6.45, 7) is 5.53. The number of aliphatic hydroxyl groups is 3. The van der Waals surface area contributed by atoms with Crippen molar-refractivity contribution < 1.29 is 29.6 Å². The number of likely N-dealkylation sites (N-methyl/N-ethyl adjacent to an activating group) is 1. The molecule has 13 nitrogen and oxygen atoms in total. The summed E-state index contributed by atoms with van der Waals surface area (Å²) in [5, 5.41) is 54.5. The van der Waals surface area contributed by atoms with E-state index in [0.29, 0.717) is 84.5 Å². The predicted octanol–water partition coefficient (Wildman–Crippen LogP) is 9.83. The molecule has 7 aliphatic rings. The SMILES string of the molecule is CNC[C@H](NC[C@H](C)O)[C@@H]1c2cc([C@@H](O)COc3cc(CCc4cc(CO)c(CC[C@H]5CC[C@@H]6[C@H]7CSSC[C@@H](N=C(N)NC8CCCC8)[C@@H](C)CC[C@H]6[C@@H](C5)C[C@@H]7N)o4)ccc3O)[nH]c2CC2(CCCC2)[C@H]2CCC[C@@H]12. The number of nitrogens with two attached hydrogens (primary N) is 2. The summed E-state index contributed by atoms with van der Waals surface area (Å²) in [5.41, 5.74) is 19.1. The van der Waals surface area contributed by atoms with Crippen LogP contribution < -0.4 is 32.2 Å². The highest BCUT2D eigenvalue weighted by Gasteiger charge is 2.53. The number of phenols is 1. The molecule has 428 valence electrons. The Morgan fingerprint density at radius 3 is 2.49 bits per heavy atom. The summed E-state index contributed by atoms with van der Waals surface area (Å²) in [5.74, 6) is 10.0. The smallest absolute Gasteiger partial charge is 0.189 e. The number of hydrogen-bond donors (Lipinski definition) is 10. The van der Waals surface area contributed by atoms with Gasteiger partial charge >= 0.3 is 0 Å². The van der Waals surface area contributed by atoms with E-state index in [2.05, 4.69) is 33.9 Å². The molecule has 0 unspecified atom stereocenters. The molecular formula is C62H97N7O6S2. The minimum atomic E-state index is -0.913. The Morgan fingerprint density at radius 1 is 0.896 bits per heavy atom. The molecule has 2 aromatic heterocycles. The number of nitrogens with zero attached hydrogens (tertiary/aromatic N) is 1. The monoisotopic (exact) mass is 1100 g/mol. The highest BCUT2D eigenvalue weighted by Crippen LogP contribution is 2.61. The van der Waals surface area contributed by atoms with E-state index in [-0.39, 0.29) is 48.4 Å². The number of guanidine groups is 1. The molecule has 5 saturated carbocycles. The van der Waals surface area contributed by atoms with Gasteiger partial charge in [-0.05, 0) is 192 Å². The van der Waals surface area contributed by atoms with Crippen LogP contribution in [0.2, 0.25) is 0 Å². The molecule has 1 aliphatic heterocycles. The van der Waals surface area contributed by atoms with Crippen LogP contribution in [0, 0.1) is 52.8 Å². The van der Waals surface area contributed by atoms with Gasteiger partial charge in [0.15, 0.2) is 17.5 Å². The third-order valence-corrected chi connectivity index (χ3v) is 23.2. The second-order valence-corrected chi connectivity index (χ2v) is 28.3. The zero-order valence-electron chi connectivity index (χ0n) is 46.9. The Morgan fingerprint density at radius 2 is 1.70 bits per heavy atom. The van der Waals surface area contributed by atoms with Gasteiger partial charge in [0.2, 0.25) is 0 Å². The normalized spacial score (nSPS) is 31.9. The van der Waals surface area contributed by atoms with Crippen LogP contribution in [0.1, 0.15) is 181 Å². The molecule has 4 bridgehead atoms. The number of phenolic OH excluding ortho intramolecular Hbond substituents is 1. The predicted molar refractivity (Wildman–Crippen MR) is 313 cm³/mol. The summed E-state index contributed by atoms with van der Waals surface area (Å²) < 4.78 is 12.8. The number of aromatic amines is 1. The number of aliphatic hydroxyl groups excluding tert-OH is 3. The van der Waals surface area contributed by atoms with Gasteiger partial charge in [-0.3, -0.25) is 0 Å². The number of aliphatic imine (C=N–C) groups is 1. The first-order valence-electron chi connectivity index (χ1n) is 30.6. The minimum Gasteiger partial charge on any atom is -0.504 e. The van der Waals surface area contributed by atoms with E-state index in [1.165, 1.54) is 114 Å². The van der Waals surface area contributed by atoms with Crippen LogP contribution in [0.25, 0.3) is 0 Å². The van der Waals surface area contributed by atoms with Crippen molar-refractivity contribution in [3.8, 4) is 11.5 Å². The lowest BCUT2D eigenvalue weighted by atomic mass is 9.62. The third-order valence-electron chi connectivity index (χ3n) is 20.7. The van der Waals surface area contributed by atoms with E-state index >= 15 is 0 Å². The fourth-order valence-corrected chi connectivity index (χ4v) is 19.6. The average Bonchev–Trinajstić information content (AvgIpc) is 4.34. The first kappa shape index (κ1) is 57.3. The molecule has 15 heteroatoms. The van der Waals surface area contributed by atoms with Crippen molar-refractivity contribution in [3.05, 3.63) is 69.9 Å². The number of aromatic nitrogens is 1. The number of H-pyrrole nitrogens is 1. The molecule has 1 aromatic carbocycles. The molecular weight excluding hydrogens is 1000 g/mol. The lowest BCUT2D eigenvalue weighted by Gasteiger charge is -2.46. The number of aromatic hydroxyl groups is 1. The first-order valence-corrected chi connectivity index (χ1v) is 33.1. The van der Waals surface area contributed by atoms with Gasteiger partial charge in [0.1, 0.15) is 24.2 Å². The van der Waals surface area contributed by atoms with E-state index in [0.717, 1.165) is 72.1 Å². The highest BCUT2D eigenvalue weighted by atomic mass is 33.1. The molecule has 1 saturated heterocycles. The van der Waals surface area contributed by atoms with Crippen LogP contribution in [0.15, 0.2) is 39.7 Å². The Bertz CT molecular complexity index is 2380. The summed E-state index contributed by atoms with van der Waals surface area (Å²) in [6, 6.07) is 10.8. The third kappa shape index (κ3) is 13.6.